The van der Waals surface area contributed by atoms with Crippen LogP contribution >= 0.6 is 0 Å². The summed E-state index contributed by atoms with van der Waals surface area (Å²) in [7, 11) is 0. The fourth-order valence-corrected chi connectivity index (χ4v) is 1.74. The minimum absolute atomic E-state index is 0.130. The lowest BCUT2D eigenvalue weighted by Crippen LogP contribution is -2.58. The highest BCUT2D eigenvalue weighted by Crippen LogP contribution is 2.25. The Morgan fingerprint density at radius 3 is 2.71 bits per heavy atom. The van der Waals surface area contributed by atoms with Crippen molar-refractivity contribution < 1.29 is 18.7 Å². The Bertz CT molecular complexity index is 272. The number of alkyl halides is 1. The van der Waals surface area contributed by atoms with E-state index in [0.717, 1.165) is 0 Å². The highest BCUT2D eigenvalue weighted by molar-refractivity contribution is 5.69. The smallest absolute Gasteiger partial charge is 0.408 e. The third-order valence-corrected chi connectivity index (χ3v) is 2.61. The first kappa shape index (κ1) is 14.2. The van der Waals surface area contributed by atoms with Crippen LogP contribution in [-0.2, 0) is 9.47 Å². The summed E-state index contributed by atoms with van der Waals surface area (Å²) in [5.74, 6) is 0. The maximum atomic E-state index is 13.8. The molecule has 0 aromatic heterocycles. The van der Waals surface area contributed by atoms with Crippen LogP contribution in [0.3, 0.4) is 0 Å². The molecule has 0 bridgehead atoms. The van der Waals surface area contributed by atoms with E-state index in [9.17, 15) is 9.18 Å². The van der Waals surface area contributed by atoms with Crippen LogP contribution in [-0.4, -0.2) is 43.2 Å². The fraction of sp³-hybridized carbons (Fsp3) is 0.909. The molecule has 1 aliphatic rings. The summed E-state index contributed by atoms with van der Waals surface area (Å²) in [6.07, 6.45) is -1.57. The number of nitrogens with one attached hydrogen (secondary N) is 1. The second-order valence-electron chi connectivity index (χ2n) is 5.29. The molecule has 1 saturated heterocycles. The van der Waals surface area contributed by atoms with Gasteiger partial charge in [-0.25, -0.2) is 9.18 Å². The Balaban J connectivity index is 2.65. The first-order valence-corrected chi connectivity index (χ1v) is 5.72. The Kier molecular flexibility index (Phi) is 4.32. The molecule has 5 nitrogen and oxygen atoms in total. The van der Waals surface area contributed by atoms with Crippen LogP contribution in [0.1, 0.15) is 27.2 Å². The maximum Gasteiger partial charge on any atom is 0.408 e. The van der Waals surface area contributed by atoms with Gasteiger partial charge < -0.3 is 20.5 Å². The van der Waals surface area contributed by atoms with E-state index in [1.807, 2.05) is 0 Å². The van der Waals surface area contributed by atoms with Gasteiger partial charge in [0.1, 0.15) is 17.3 Å². The van der Waals surface area contributed by atoms with Crippen LogP contribution in [0.15, 0.2) is 0 Å². The molecule has 1 rings (SSSR count). The molecule has 3 N–H and O–H groups in total. The molecule has 1 heterocycles. The van der Waals surface area contributed by atoms with E-state index in [0.29, 0.717) is 13.0 Å². The van der Waals surface area contributed by atoms with Crippen LogP contribution in [0.2, 0.25) is 0 Å². The Morgan fingerprint density at radius 1 is 1.65 bits per heavy atom. The highest BCUT2D eigenvalue weighted by Gasteiger charge is 2.44. The number of hydrogen-bond donors (Lipinski definition) is 2. The molecule has 0 aromatic carbocycles. The van der Waals surface area contributed by atoms with E-state index in [1.165, 1.54) is 0 Å². The van der Waals surface area contributed by atoms with E-state index in [-0.39, 0.29) is 13.2 Å². The van der Waals surface area contributed by atoms with Gasteiger partial charge >= 0.3 is 6.09 Å². The van der Waals surface area contributed by atoms with Crippen molar-refractivity contribution in [3.05, 3.63) is 0 Å². The standard InChI is InChI=1S/C11H21FN2O3/c1-10(2,3)17-9(15)14-11(8(12)6-13)4-5-16-7-11/h8H,4-7,13H2,1-3H3,(H,14,15). The van der Waals surface area contributed by atoms with E-state index in [1.54, 1.807) is 20.8 Å². The molecule has 0 radical (unpaired) electrons. The van der Waals surface area contributed by atoms with Crippen LogP contribution in [0.5, 0.6) is 0 Å². The maximum absolute atomic E-state index is 13.8. The van der Waals surface area contributed by atoms with E-state index in [4.69, 9.17) is 15.2 Å². The van der Waals surface area contributed by atoms with E-state index >= 15 is 0 Å². The van der Waals surface area contributed by atoms with Crippen molar-refractivity contribution in [3.8, 4) is 0 Å². The van der Waals surface area contributed by atoms with Crippen molar-refractivity contribution in [3.63, 3.8) is 0 Å². The summed E-state index contributed by atoms with van der Waals surface area (Å²) in [6, 6.07) is 0. The van der Waals surface area contributed by atoms with Crippen LogP contribution in [0.25, 0.3) is 0 Å². The van der Waals surface area contributed by atoms with E-state index in [2.05, 4.69) is 5.32 Å². The van der Waals surface area contributed by atoms with Crippen molar-refractivity contribution in [2.75, 3.05) is 19.8 Å². The molecule has 0 spiro atoms. The molecule has 0 aliphatic carbocycles. The fourth-order valence-electron chi connectivity index (χ4n) is 1.74. The monoisotopic (exact) mass is 248 g/mol. The lowest BCUT2D eigenvalue weighted by Gasteiger charge is -2.32. The molecule has 17 heavy (non-hydrogen) atoms. The summed E-state index contributed by atoms with van der Waals surface area (Å²) >= 11 is 0. The van der Waals surface area contributed by atoms with Gasteiger partial charge in [-0.3, -0.25) is 0 Å². The Labute approximate surface area is 101 Å². The molecular formula is C11H21FN2O3. The lowest BCUT2D eigenvalue weighted by atomic mass is 9.92. The minimum atomic E-state index is -1.34. The summed E-state index contributed by atoms with van der Waals surface area (Å²) in [5.41, 5.74) is 3.66. The number of amides is 1. The van der Waals surface area contributed by atoms with Gasteiger partial charge in [-0.05, 0) is 27.2 Å². The first-order valence-electron chi connectivity index (χ1n) is 5.72. The molecule has 1 amide bonds. The van der Waals surface area contributed by atoms with Crippen molar-refractivity contribution in [1.82, 2.24) is 5.32 Å². The molecule has 100 valence electrons. The normalized spacial score (nSPS) is 26.6. The second-order valence-corrected chi connectivity index (χ2v) is 5.29. The average Bonchev–Trinajstić information content (AvgIpc) is 2.63. The van der Waals surface area contributed by atoms with E-state index < -0.39 is 23.4 Å². The van der Waals surface area contributed by atoms with Gasteiger partial charge in [-0.2, -0.15) is 0 Å². The highest BCUT2D eigenvalue weighted by atomic mass is 19.1. The number of rotatable bonds is 3. The minimum Gasteiger partial charge on any atom is -0.444 e. The Morgan fingerprint density at radius 2 is 2.29 bits per heavy atom. The average molecular weight is 248 g/mol. The van der Waals surface area contributed by atoms with Crippen LogP contribution in [0.4, 0.5) is 9.18 Å². The number of hydrogen-bond acceptors (Lipinski definition) is 4. The van der Waals surface area contributed by atoms with Gasteiger partial charge in [-0.15, -0.1) is 0 Å². The van der Waals surface area contributed by atoms with Crippen molar-refractivity contribution >= 4 is 6.09 Å². The third-order valence-electron chi connectivity index (χ3n) is 2.61. The topological polar surface area (TPSA) is 73.6 Å². The Hall–Kier alpha value is -0.880. The summed E-state index contributed by atoms with van der Waals surface area (Å²) < 4.78 is 24.1. The van der Waals surface area contributed by atoms with Gasteiger partial charge in [0.05, 0.1) is 6.61 Å². The molecular weight excluding hydrogens is 227 g/mol. The predicted molar refractivity (Wildman–Crippen MR) is 61.5 cm³/mol. The van der Waals surface area contributed by atoms with Gasteiger partial charge in [0.15, 0.2) is 0 Å². The zero-order chi connectivity index (χ0) is 13.1. The van der Waals surface area contributed by atoms with Crippen molar-refractivity contribution in [1.29, 1.82) is 0 Å². The first-order chi connectivity index (χ1) is 7.79. The lowest BCUT2D eigenvalue weighted by molar-refractivity contribution is 0.0350. The number of alkyl carbamates (subject to hydrolysis) is 1. The number of ether oxygens (including phenoxy) is 2. The van der Waals surface area contributed by atoms with Crippen LogP contribution in [0, 0.1) is 0 Å². The van der Waals surface area contributed by atoms with Crippen molar-refractivity contribution in [2.45, 2.75) is 44.5 Å². The number of nitrogens with two attached hydrogens (primary N) is 1. The van der Waals surface area contributed by atoms with Crippen LogP contribution < -0.4 is 11.1 Å². The summed E-state index contributed by atoms with van der Waals surface area (Å²) in [5, 5.41) is 2.56. The third kappa shape index (κ3) is 3.81. The molecule has 0 aromatic rings. The molecule has 6 heteroatoms. The van der Waals surface area contributed by atoms with Gasteiger partial charge in [0.2, 0.25) is 0 Å². The largest absolute Gasteiger partial charge is 0.444 e. The number of carbonyl (C=O) groups excluding carboxylic acids is 1. The zero-order valence-corrected chi connectivity index (χ0v) is 10.6. The zero-order valence-electron chi connectivity index (χ0n) is 10.6. The van der Waals surface area contributed by atoms with Gasteiger partial charge in [0, 0.05) is 13.2 Å². The molecule has 1 fully saturated rings. The summed E-state index contributed by atoms with van der Waals surface area (Å²) in [6.45, 7) is 5.64. The second kappa shape index (κ2) is 5.18. The molecule has 0 saturated carbocycles. The SMILES string of the molecule is CC(C)(C)OC(=O)NC1(C(F)CN)CCOC1. The summed E-state index contributed by atoms with van der Waals surface area (Å²) in [4.78, 5) is 11.6. The molecule has 2 unspecified atom stereocenters. The molecule has 1 aliphatic heterocycles. The van der Waals surface area contributed by atoms with Gasteiger partial charge in [0.25, 0.3) is 0 Å². The number of carbonyl (C=O) groups is 1. The van der Waals surface area contributed by atoms with Gasteiger partial charge in [-0.1, -0.05) is 0 Å². The molecule has 2 atom stereocenters. The quantitative estimate of drug-likeness (QED) is 0.780. The predicted octanol–water partition coefficient (Wildman–Crippen LogP) is 0.967. The number of halogens is 1. The van der Waals surface area contributed by atoms with Crippen molar-refractivity contribution in [2.24, 2.45) is 5.73 Å².